The summed E-state index contributed by atoms with van der Waals surface area (Å²) < 4.78 is 10.9. The van der Waals surface area contributed by atoms with E-state index in [1.54, 1.807) is 14.2 Å². The zero-order valence-corrected chi connectivity index (χ0v) is 17.3. The van der Waals surface area contributed by atoms with Gasteiger partial charge in [0, 0.05) is 31.9 Å². The Hall–Kier alpha value is -1.95. The summed E-state index contributed by atoms with van der Waals surface area (Å²) in [6.45, 7) is 3.47. The fraction of sp³-hybridized carbons (Fsp3) is 0.455. The third-order valence-electron chi connectivity index (χ3n) is 5.19. The molecule has 28 heavy (non-hydrogen) atoms. The number of nitrogens with zero attached hydrogens (tertiary/aromatic N) is 1. The van der Waals surface area contributed by atoms with Gasteiger partial charge in [-0.25, -0.2) is 0 Å². The Morgan fingerprint density at radius 2 is 1.79 bits per heavy atom. The van der Waals surface area contributed by atoms with Gasteiger partial charge in [-0.3, -0.25) is 4.90 Å². The summed E-state index contributed by atoms with van der Waals surface area (Å²) in [5.41, 5.74) is 4.98. The van der Waals surface area contributed by atoms with Gasteiger partial charge in [0.05, 0.1) is 26.2 Å². The van der Waals surface area contributed by atoms with Crippen LogP contribution in [0.15, 0.2) is 36.4 Å². The average molecular weight is 405 g/mol. The lowest BCUT2D eigenvalue weighted by Gasteiger charge is -2.29. The smallest absolute Gasteiger partial charge is 0.161 e. The summed E-state index contributed by atoms with van der Waals surface area (Å²) in [6, 6.07) is 12.6. The molecule has 0 spiro atoms. The maximum atomic E-state index is 9.52. The highest BCUT2D eigenvalue weighted by atomic mass is 35.5. The normalized spacial score (nSPS) is 15.0. The fourth-order valence-corrected chi connectivity index (χ4v) is 3.61. The number of anilines is 1. The fourth-order valence-electron chi connectivity index (χ4n) is 3.50. The highest BCUT2D eigenvalue weighted by Crippen LogP contribution is 2.33. The highest BCUT2D eigenvalue weighted by molar-refractivity contribution is 6.18. The standard InChI is InChI=1S/C22H29ClN2O3/c1-27-21-11-17-8-10-25(15-18(17)12-22(21)28-2)9-7-16-3-5-19(6-4-16)24-14-20(26)13-23/h3-6,11-12,20,24,26H,7-10,13-15H2,1-2H3. The first-order chi connectivity index (χ1) is 13.6. The van der Waals surface area contributed by atoms with Crippen molar-refractivity contribution in [2.45, 2.75) is 25.5 Å². The van der Waals surface area contributed by atoms with Crippen molar-refractivity contribution in [3.8, 4) is 11.5 Å². The number of halogens is 1. The van der Waals surface area contributed by atoms with Crippen LogP contribution in [-0.2, 0) is 19.4 Å². The average Bonchev–Trinajstić information content (AvgIpc) is 2.75. The van der Waals surface area contributed by atoms with Crippen molar-refractivity contribution >= 4 is 17.3 Å². The van der Waals surface area contributed by atoms with Crippen molar-refractivity contribution < 1.29 is 14.6 Å². The number of hydrogen-bond acceptors (Lipinski definition) is 5. The lowest BCUT2D eigenvalue weighted by Crippen LogP contribution is -2.32. The van der Waals surface area contributed by atoms with Crippen LogP contribution in [0.5, 0.6) is 11.5 Å². The van der Waals surface area contributed by atoms with Gasteiger partial charge in [-0.1, -0.05) is 12.1 Å². The van der Waals surface area contributed by atoms with Crippen LogP contribution in [0.4, 0.5) is 5.69 Å². The molecule has 0 radical (unpaired) electrons. The summed E-state index contributed by atoms with van der Waals surface area (Å²) in [5.74, 6) is 1.84. The van der Waals surface area contributed by atoms with Crippen LogP contribution in [0.1, 0.15) is 16.7 Å². The minimum atomic E-state index is -0.526. The van der Waals surface area contributed by atoms with Crippen LogP contribution in [0, 0.1) is 0 Å². The van der Waals surface area contributed by atoms with Gasteiger partial charge >= 0.3 is 0 Å². The van der Waals surface area contributed by atoms with Gasteiger partial charge in [-0.05, 0) is 53.8 Å². The highest BCUT2D eigenvalue weighted by Gasteiger charge is 2.19. The third-order valence-corrected chi connectivity index (χ3v) is 5.54. The predicted octanol–water partition coefficient (Wildman–Crippen LogP) is 3.32. The molecule has 0 saturated heterocycles. The van der Waals surface area contributed by atoms with Crippen molar-refractivity contribution in [3.05, 3.63) is 53.1 Å². The van der Waals surface area contributed by atoms with Gasteiger partial charge in [-0.2, -0.15) is 0 Å². The molecule has 2 aromatic rings. The molecule has 2 N–H and O–H groups in total. The van der Waals surface area contributed by atoms with Crippen LogP contribution < -0.4 is 14.8 Å². The topological polar surface area (TPSA) is 54.0 Å². The summed E-state index contributed by atoms with van der Waals surface area (Å²) in [7, 11) is 3.36. The largest absolute Gasteiger partial charge is 0.493 e. The third kappa shape index (κ3) is 5.31. The first kappa shape index (κ1) is 20.8. The molecule has 1 unspecified atom stereocenters. The molecule has 2 aromatic carbocycles. The number of hydrogen-bond donors (Lipinski definition) is 2. The number of nitrogens with one attached hydrogen (secondary N) is 1. The number of methoxy groups -OCH3 is 2. The van der Waals surface area contributed by atoms with Crippen molar-refractivity contribution in [1.82, 2.24) is 4.90 Å². The molecule has 0 aromatic heterocycles. The van der Waals surface area contributed by atoms with Gasteiger partial charge in [0.25, 0.3) is 0 Å². The maximum Gasteiger partial charge on any atom is 0.161 e. The van der Waals surface area contributed by atoms with Crippen molar-refractivity contribution in [3.63, 3.8) is 0 Å². The molecular formula is C22H29ClN2O3. The molecule has 0 saturated carbocycles. The second kappa shape index (κ2) is 10.0. The molecular weight excluding hydrogens is 376 g/mol. The van der Waals surface area contributed by atoms with E-state index in [2.05, 4.69) is 46.6 Å². The molecule has 1 atom stereocenters. The summed E-state index contributed by atoms with van der Waals surface area (Å²) in [6.07, 6.45) is 1.51. The van der Waals surface area contributed by atoms with E-state index in [4.69, 9.17) is 21.1 Å². The first-order valence-corrected chi connectivity index (χ1v) is 10.2. The molecule has 0 bridgehead atoms. The number of ether oxygens (including phenoxy) is 2. The molecule has 5 nitrogen and oxygen atoms in total. The molecule has 152 valence electrons. The van der Waals surface area contributed by atoms with Crippen LogP contribution in [0.2, 0.25) is 0 Å². The van der Waals surface area contributed by atoms with Gasteiger partial charge in [0.1, 0.15) is 0 Å². The van der Waals surface area contributed by atoms with Crippen molar-refractivity contribution in [2.24, 2.45) is 0 Å². The Morgan fingerprint density at radius 1 is 1.11 bits per heavy atom. The summed E-state index contributed by atoms with van der Waals surface area (Å²) in [4.78, 5) is 2.48. The van der Waals surface area contributed by atoms with E-state index >= 15 is 0 Å². The Kier molecular flexibility index (Phi) is 7.43. The molecule has 0 amide bonds. The molecule has 1 heterocycles. The molecule has 0 aliphatic carbocycles. The molecule has 1 aliphatic heterocycles. The predicted molar refractivity (Wildman–Crippen MR) is 114 cm³/mol. The molecule has 3 rings (SSSR count). The van der Waals surface area contributed by atoms with Crippen molar-refractivity contribution in [2.75, 3.05) is 45.1 Å². The van der Waals surface area contributed by atoms with Gasteiger partial charge in [0.15, 0.2) is 11.5 Å². The van der Waals surface area contributed by atoms with E-state index < -0.39 is 6.10 Å². The quantitative estimate of drug-likeness (QED) is 0.628. The van der Waals surface area contributed by atoms with E-state index in [1.165, 1.54) is 16.7 Å². The minimum absolute atomic E-state index is 0.239. The summed E-state index contributed by atoms with van der Waals surface area (Å²) in [5, 5.41) is 12.7. The molecule has 1 aliphatic rings. The second-order valence-electron chi connectivity index (χ2n) is 7.14. The maximum absolute atomic E-state index is 9.52. The van der Waals surface area contributed by atoms with Gasteiger partial charge in [0.2, 0.25) is 0 Å². The number of alkyl halides is 1. The Balaban J connectivity index is 1.53. The number of aliphatic hydroxyl groups excluding tert-OH is 1. The number of rotatable bonds is 9. The van der Waals surface area contributed by atoms with E-state index in [0.29, 0.717) is 6.54 Å². The second-order valence-corrected chi connectivity index (χ2v) is 7.45. The van der Waals surface area contributed by atoms with Crippen LogP contribution >= 0.6 is 11.6 Å². The zero-order chi connectivity index (χ0) is 19.9. The van der Waals surface area contributed by atoms with Crippen molar-refractivity contribution in [1.29, 1.82) is 0 Å². The molecule has 0 fully saturated rings. The van der Waals surface area contributed by atoms with Crippen LogP contribution in [0.25, 0.3) is 0 Å². The number of benzene rings is 2. The minimum Gasteiger partial charge on any atom is -0.493 e. The Bertz CT molecular complexity index is 767. The van der Waals surface area contributed by atoms with Crippen LogP contribution in [-0.4, -0.2) is 55.8 Å². The number of fused-ring (bicyclic) bond motifs is 1. The van der Waals surface area contributed by atoms with Gasteiger partial charge < -0.3 is 19.9 Å². The Labute approximate surface area is 172 Å². The lowest BCUT2D eigenvalue weighted by atomic mass is 9.98. The number of aliphatic hydroxyl groups is 1. The zero-order valence-electron chi connectivity index (χ0n) is 16.6. The van der Waals surface area contributed by atoms with E-state index in [-0.39, 0.29) is 5.88 Å². The van der Waals surface area contributed by atoms with E-state index in [1.807, 2.05) is 0 Å². The lowest BCUT2D eigenvalue weighted by molar-refractivity contribution is 0.211. The van der Waals surface area contributed by atoms with Gasteiger partial charge in [-0.15, -0.1) is 11.6 Å². The summed E-state index contributed by atoms with van der Waals surface area (Å²) >= 11 is 5.61. The SMILES string of the molecule is COc1cc2c(cc1OC)CN(CCc1ccc(NCC(O)CCl)cc1)CC2. The van der Waals surface area contributed by atoms with Crippen LogP contribution in [0.3, 0.4) is 0 Å². The molecule has 6 heteroatoms. The van der Waals surface area contributed by atoms with E-state index in [0.717, 1.165) is 49.7 Å². The van der Waals surface area contributed by atoms with E-state index in [9.17, 15) is 5.11 Å². The monoisotopic (exact) mass is 404 g/mol. The Morgan fingerprint density at radius 3 is 2.43 bits per heavy atom. The first-order valence-electron chi connectivity index (χ1n) is 9.66.